The van der Waals surface area contributed by atoms with Crippen LogP contribution in [0.2, 0.25) is 0 Å². The molecule has 2 aliphatic rings. The Morgan fingerprint density at radius 2 is 1.51 bits per heavy atom. The van der Waals surface area contributed by atoms with Crippen molar-refractivity contribution in [2.45, 2.75) is 70.7 Å². The number of benzene rings is 3. The van der Waals surface area contributed by atoms with Crippen molar-refractivity contribution in [1.82, 2.24) is 4.90 Å². The molecule has 1 fully saturated rings. The number of halogens is 10. The number of carbonyl (C=O) groups excluding carboxylic acids is 1. The van der Waals surface area contributed by atoms with E-state index >= 15 is 0 Å². The lowest BCUT2D eigenvalue weighted by molar-refractivity contribution is -0.143. The number of ether oxygens (including phenoxy) is 2. The Hall–Kier alpha value is -4.23. The Bertz CT molecular complexity index is 1760. The van der Waals surface area contributed by atoms with E-state index in [4.69, 9.17) is 9.47 Å². The summed E-state index contributed by atoms with van der Waals surface area (Å²) in [5, 5.41) is 0. The second kappa shape index (κ2) is 12.6. The molecular weight excluding hydrogens is 672 g/mol. The Morgan fingerprint density at radius 1 is 0.878 bits per heavy atom. The molecule has 3 aromatic rings. The van der Waals surface area contributed by atoms with Gasteiger partial charge in [0.05, 0.1) is 29.8 Å². The Kier molecular flexibility index (Phi) is 9.26. The van der Waals surface area contributed by atoms with E-state index in [0.29, 0.717) is 42.5 Å². The number of methoxy groups -OCH3 is 1. The van der Waals surface area contributed by atoms with Crippen LogP contribution in [-0.2, 0) is 23.3 Å². The summed E-state index contributed by atoms with van der Waals surface area (Å²) in [6, 6.07) is 6.76. The number of carbonyl (C=O) groups is 1. The predicted molar refractivity (Wildman–Crippen MR) is 160 cm³/mol. The van der Waals surface area contributed by atoms with Crippen molar-refractivity contribution < 1.29 is 58.2 Å². The highest BCUT2D eigenvalue weighted by molar-refractivity contribution is 5.82. The number of alkyl halides is 9. The van der Waals surface area contributed by atoms with Gasteiger partial charge in [-0.15, -0.1) is 0 Å². The van der Waals surface area contributed by atoms with E-state index in [1.807, 2.05) is 13.8 Å². The van der Waals surface area contributed by atoms with Gasteiger partial charge in [0.15, 0.2) is 0 Å². The summed E-state index contributed by atoms with van der Waals surface area (Å²) >= 11 is 0. The lowest BCUT2D eigenvalue weighted by Gasteiger charge is -2.36. The molecule has 1 heterocycles. The third kappa shape index (κ3) is 7.52. The fourth-order valence-electron chi connectivity index (χ4n) is 6.51. The smallest absolute Gasteiger partial charge is 0.417 e. The highest BCUT2D eigenvalue weighted by Gasteiger charge is 2.44. The molecule has 0 aromatic heterocycles. The summed E-state index contributed by atoms with van der Waals surface area (Å²) in [6.45, 7) is 5.14. The molecule has 0 unspecified atom stereocenters. The van der Waals surface area contributed by atoms with Gasteiger partial charge in [0.2, 0.25) is 0 Å². The number of hydrogen-bond acceptors (Lipinski definition) is 3. The first-order chi connectivity index (χ1) is 22.6. The molecule has 1 saturated heterocycles. The van der Waals surface area contributed by atoms with Gasteiger partial charge in [-0.25, -0.2) is 9.18 Å². The van der Waals surface area contributed by atoms with Gasteiger partial charge in [-0.1, -0.05) is 26.0 Å². The third-order valence-corrected chi connectivity index (χ3v) is 8.97. The first-order valence-electron chi connectivity index (χ1n) is 15.1. The van der Waals surface area contributed by atoms with Crippen LogP contribution in [0, 0.1) is 11.2 Å². The zero-order valence-corrected chi connectivity index (χ0v) is 26.6. The van der Waals surface area contributed by atoms with E-state index in [0.717, 1.165) is 18.2 Å². The van der Waals surface area contributed by atoms with E-state index in [-0.39, 0.29) is 40.5 Å². The molecule has 2 atom stereocenters. The molecule has 1 aliphatic carbocycles. The molecule has 0 N–H and O–H groups in total. The minimum atomic E-state index is -5.11. The van der Waals surface area contributed by atoms with Crippen molar-refractivity contribution in [2.24, 2.45) is 5.41 Å². The van der Waals surface area contributed by atoms with Gasteiger partial charge in [0.25, 0.3) is 0 Å². The van der Waals surface area contributed by atoms with Gasteiger partial charge in [0.1, 0.15) is 17.7 Å². The monoisotopic (exact) mass is 703 g/mol. The van der Waals surface area contributed by atoms with Crippen LogP contribution in [0.5, 0.6) is 5.75 Å². The molecule has 1 aliphatic heterocycles. The fourth-order valence-corrected chi connectivity index (χ4v) is 6.51. The maximum Gasteiger partial charge on any atom is 0.417 e. The van der Waals surface area contributed by atoms with Gasteiger partial charge in [-0.3, -0.25) is 4.90 Å². The van der Waals surface area contributed by atoms with Crippen LogP contribution in [0.15, 0.2) is 60.2 Å². The molecule has 4 nitrogen and oxygen atoms in total. The number of nitrogens with zero attached hydrogens (tertiary/aromatic N) is 1. The Balaban J connectivity index is 1.61. The average molecular weight is 704 g/mol. The number of allylic oxidation sites excluding steroid dienone is 1. The quantitative estimate of drug-likeness (QED) is 0.240. The SMILES string of the molecule is COc1cc(C(F)(F)F)c(-c2cccc(F)c2)cc1C1=C(CN2C(=O)O[C@H](c3cc(C(F)(F)F)cc(C(F)(F)F)c3)[C@@H]2C)CC(C)(C)CC1. The van der Waals surface area contributed by atoms with E-state index in [2.05, 4.69) is 0 Å². The van der Waals surface area contributed by atoms with Crippen LogP contribution >= 0.6 is 0 Å². The molecule has 0 radical (unpaired) electrons. The van der Waals surface area contributed by atoms with Crippen LogP contribution in [0.1, 0.15) is 74.0 Å². The van der Waals surface area contributed by atoms with E-state index in [1.165, 1.54) is 37.1 Å². The summed E-state index contributed by atoms with van der Waals surface area (Å²) < 4.78 is 149. The van der Waals surface area contributed by atoms with Crippen LogP contribution in [0.3, 0.4) is 0 Å². The number of amides is 1. The van der Waals surface area contributed by atoms with Gasteiger partial charge in [-0.05, 0) is 102 Å². The predicted octanol–water partition coefficient (Wildman–Crippen LogP) is 11.1. The maximum absolute atomic E-state index is 14.3. The minimum absolute atomic E-state index is 0.0144. The zero-order chi connectivity index (χ0) is 36.3. The number of hydrogen-bond donors (Lipinski definition) is 0. The summed E-state index contributed by atoms with van der Waals surface area (Å²) in [7, 11) is 1.20. The van der Waals surface area contributed by atoms with Crippen molar-refractivity contribution in [3.63, 3.8) is 0 Å². The minimum Gasteiger partial charge on any atom is -0.496 e. The number of cyclic esters (lactones) is 1. The summed E-state index contributed by atoms with van der Waals surface area (Å²) in [6.07, 6.45) is -16.3. The number of rotatable bonds is 6. The maximum atomic E-state index is 14.3. The molecule has 14 heteroatoms. The molecule has 0 bridgehead atoms. The summed E-state index contributed by atoms with van der Waals surface area (Å²) in [5.74, 6) is -0.875. The second-order valence-corrected chi connectivity index (χ2v) is 13.0. The second-order valence-electron chi connectivity index (χ2n) is 13.0. The van der Waals surface area contributed by atoms with Crippen molar-refractivity contribution in [3.05, 3.63) is 93.8 Å². The topological polar surface area (TPSA) is 38.8 Å². The summed E-state index contributed by atoms with van der Waals surface area (Å²) in [4.78, 5) is 14.4. The van der Waals surface area contributed by atoms with Gasteiger partial charge in [-0.2, -0.15) is 39.5 Å². The van der Waals surface area contributed by atoms with Crippen molar-refractivity contribution in [1.29, 1.82) is 0 Å². The molecular formula is C35H31F10NO3. The molecule has 3 aromatic carbocycles. The molecule has 49 heavy (non-hydrogen) atoms. The Morgan fingerprint density at radius 3 is 2.06 bits per heavy atom. The first kappa shape index (κ1) is 36.1. The Labute approximate surface area is 275 Å². The van der Waals surface area contributed by atoms with Crippen LogP contribution in [0.4, 0.5) is 48.7 Å². The first-order valence-corrected chi connectivity index (χ1v) is 15.1. The highest BCUT2D eigenvalue weighted by atomic mass is 19.4. The van der Waals surface area contributed by atoms with Gasteiger partial charge in [0, 0.05) is 12.1 Å². The van der Waals surface area contributed by atoms with E-state index in [1.54, 1.807) is 0 Å². The zero-order valence-electron chi connectivity index (χ0n) is 26.6. The van der Waals surface area contributed by atoms with E-state index < -0.39 is 64.8 Å². The largest absolute Gasteiger partial charge is 0.496 e. The fraction of sp³-hybridized carbons (Fsp3) is 0.400. The highest BCUT2D eigenvalue weighted by Crippen LogP contribution is 2.49. The molecule has 0 spiro atoms. The molecule has 264 valence electrons. The molecule has 5 rings (SSSR count). The van der Waals surface area contributed by atoms with Crippen molar-refractivity contribution in [2.75, 3.05) is 13.7 Å². The normalized spacial score (nSPS) is 20.1. The van der Waals surface area contributed by atoms with E-state index in [9.17, 15) is 48.7 Å². The van der Waals surface area contributed by atoms with Gasteiger partial charge < -0.3 is 9.47 Å². The molecule has 1 amide bonds. The van der Waals surface area contributed by atoms with Crippen LogP contribution in [0.25, 0.3) is 16.7 Å². The van der Waals surface area contributed by atoms with Crippen LogP contribution in [-0.4, -0.2) is 30.7 Å². The van der Waals surface area contributed by atoms with Crippen LogP contribution < -0.4 is 4.74 Å². The van der Waals surface area contributed by atoms with Crippen molar-refractivity contribution in [3.8, 4) is 16.9 Å². The summed E-state index contributed by atoms with van der Waals surface area (Å²) in [5.41, 5.74) is -3.95. The molecule has 0 saturated carbocycles. The lowest BCUT2D eigenvalue weighted by Crippen LogP contribution is -2.35. The lowest BCUT2D eigenvalue weighted by atomic mass is 9.72. The average Bonchev–Trinajstić information content (AvgIpc) is 3.27. The third-order valence-electron chi connectivity index (χ3n) is 8.97. The van der Waals surface area contributed by atoms with Gasteiger partial charge >= 0.3 is 24.6 Å². The standard InChI is InChI=1S/C35H31F10NO3/c1-18-30(20-10-22(33(37,38)39)13-23(11-20)34(40,41)42)49-31(47)46(18)17-21-16-32(2,3)9-8-25(21)27-14-26(19-6-5-7-24(36)12-19)28(35(43,44)45)15-29(27)48-4/h5-7,10-15,18,30H,8-9,16-17H2,1-4H3/t18-,30-/m0/s1. The van der Waals surface area contributed by atoms with Crippen molar-refractivity contribution >= 4 is 11.7 Å².